The molecule has 0 unspecified atom stereocenters. The number of nitrogens with zero attached hydrogens (tertiary/aromatic N) is 1. The summed E-state index contributed by atoms with van der Waals surface area (Å²) in [6.45, 7) is 5.28. The fourth-order valence-corrected chi connectivity index (χ4v) is 1.74. The van der Waals surface area contributed by atoms with Crippen LogP contribution < -0.4 is 0 Å². The molecule has 0 bridgehead atoms. The molecule has 1 saturated heterocycles. The van der Waals surface area contributed by atoms with Crippen LogP contribution in [0, 0.1) is 24.2 Å². The van der Waals surface area contributed by atoms with E-state index >= 15 is 0 Å². The molecule has 1 aliphatic heterocycles. The fraction of sp³-hybridized carbons (Fsp3) is 0.750. The fourth-order valence-electron chi connectivity index (χ4n) is 1.74. The Morgan fingerprint density at radius 2 is 2.06 bits per heavy atom. The first-order valence-electron chi connectivity index (χ1n) is 5.47. The van der Waals surface area contributed by atoms with Crippen molar-refractivity contribution in [2.24, 2.45) is 11.8 Å². The molecule has 0 aromatic rings. The maximum atomic E-state index is 12.7. The average molecular weight is 245 g/mol. The topological polar surface area (TPSA) is 29.5 Å². The molecule has 1 amide bonds. The lowest BCUT2D eigenvalue weighted by Gasteiger charge is -2.24. The van der Waals surface area contributed by atoms with E-state index in [-0.39, 0.29) is 13.1 Å². The van der Waals surface area contributed by atoms with Crippen LogP contribution in [-0.4, -0.2) is 36.1 Å². The van der Waals surface area contributed by atoms with Gasteiger partial charge in [0.1, 0.15) is 5.60 Å². The van der Waals surface area contributed by atoms with Crippen LogP contribution in [0.1, 0.15) is 20.8 Å². The highest BCUT2D eigenvalue weighted by molar-refractivity contribution is 5.68. The number of hydrogen-bond donors (Lipinski definition) is 0. The van der Waals surface area contributed by atoms with E-state index in [1.54, 1.807) is 20.8 Å². The third kappa shape index (κ3) is 3.58. The minimum Gasteiger partial charge on any atom is -0.444 e. The van der Waals surface area contributed by atoms with Gasteiger partial charge in [0.05, 0.1) is 5.92 Å². The summed E-state index contributed by atoms with van der Waals surface area (Å²) >= 11 is 0. The number of carbonyl (C=O) groups excluding carboxylic acids is 1. The highest BCUT2D eigenvalue weighted by Crippen LogP contribution is 2.29. The van der Waals surface area contributed by atoms with Crippen LogP contribution in [-0.2, 0) is 4.74 Å². The second-order valence-corrected chi connectivity index (χ2v) is 5.16. The first-order chi connectivity index (χ1) is 7.74. The lowest BCUT2D eigenvalue weighted by molar-refractivity contribution is 0.0254. The van der Waals surface area contributed by atoms with Gasteiger partial charge in [0.25, 0.3) is 0 Å². The molecule has 0 aromatic heterocycles. The Morgan fingerprint density at radius 3 is 2.41 bits per heavy atom. The van der Waals surface area contributed by atoms with Crippen molar-refractivity contribution in [3.8, 4) is 12.3 Å². The van der Waals surface area contributed by atoms with Gasteiger partial charge in [-0.3, -0.25) is 0 Å². The number of hydrogen-bond acceptors (Lipinski definition) is 2. The predicted octanol–water partition coefficient (Wildman–Crippen LogP) is 2.37. The Kier molecular flexibility index (Phi) is 3.97. The molecule has 96 valence electrons. The highest BCUT2D eigenvalue weighted by atomic mass is 19.3. The summed E-state index contributed by atoms with van der Waals surface area (Å²) in [6, 6.07) is 0. The zero-order valence-electron chi connectivity index (χ0n) is 10.2. The minimum atomic E-state index is -2.51. The molecule has 0 saturated carbocycles. The Morgan fingerprint density at radius 1 is 1.47 bits per heavy atom. The van der Waals surface area contributed by atoms with Crippen LogP contribution >= 0.6 is 0 Å². The molecule has 1 heterocycles. The third-order valence-electron chi connectivity index (χ3n) is 2.55. The number of ether oxygens (including phenoxy) is 1. The monoisotopic (exact) mass is 245 g/mol. The molecule has 1 fully saturated rings. The minimum absolute atomic E-state index is 0.0402. The van der Waals surface area contributed by atoms with Gasteiger partial charge < -0.3 is 9.64 Å². The summed E-state index contributed by atoms with van der Waals surface area (Å²) in [5.41, 5.74) is -0.633. The third-order valence-corrected chi connectivity index (χ3v) is 2.55. The summed E-state index contributed by atoms with van der Waals surface area (Å²) in [5.74, 6) is 0.767. The number of terminal acetylenes is 1. The molecule has 2 atom stereocenters. The SMILES string of the molecule is C#C[C@@H]1CN(C(=O)OC(C)(C)C)C[C@@H]1C(F)F. The normalized spacial score (nSPS) is 24.9. The maximum absolute atomic E-state index is 12.7. The molecule has 0 aliphatic carbocycles. The van der Waals surface area contributed by atoms with Crippen LogP contribution in [0.2, 0.25) is 0 Å². The second kappa shape index (κ2) is 4.91. The van der Waals surface area contributed by atoms with E-state index in [9.17, 15) is 13.6 Å². The summed E-state index contributed by atoms with van der Waals surface area (Å²) < 4.78 is 30.5. The van der Waals surface area contributed by atoms with E-state index in [2.05, 4.69) is 5.92 Å². The molecule has 1 rings (SSSR count). The van der Waals surface area contributed by atoms with Gasteiger partial charge in [-0.25, -0.2) is 13.6 Å². The molecular formula is C12H17F2NO2. The molecule has 3 nitrogen and oxygen atoms in total. The maximum Gasteiger partial charge on any atom is 0.410 e. The van der Waals surface area contributed by atoms with E-state index < -0.39 is 30.0 Å². The molecular weight excluding hydrogens is 228 g/mol. The summed E-state index contributed by atoms with van der Waals surface area (Å²) in [5, 5.41) is 0. The zero-order chi connectivity index (χ0) is 13.2. The van der Waals surface area contributed by atoms with Gasteiger partial charge in [0.2, 0.25) is 6.43 Å². The quantitative estimate of drug-likeness (QED) is 0.664. The van der Waals surface area contributed by atoms with E-state index in [0.29, 0.717) is 0 Å². The Hall–Kier alpha value is -1.31. The summed E-state index contributed by atoms with van der Waals surface area (Å²) in [4.78, 5) is 12.9. The van der Waals surface area contributed by atoms with Gasteiger partial charge in [0.15, 0.2) is 0 Å². The number of halogens is 2. The van der Waals surface area contributed by atoms with Crippen molar-refractivity contribution in [3.05, 3.63) is 0 Å². The van der Waals surface area contributed by atoms with Gasteiger partial charge in [0, 0.05) is 19.0 Å². The van der Waals surface area contributed by atoms with Crippen LogP contribution in [0.25, 0.3) is 0 Å². The molecule has 0 aromatic carbocycles. The van der Waals surface area contributed by atoms with Gasteiger partial charge in [-0.15, -0.1) is 12.3 Å². The smallest absolute Gasteiger partial charge is 0.410 e. The molecule has 17 heavy (non-hydrogen) atoms. The van der Waals surface area contributed by atoms with Crippen molar-refractivity contribution in [1.82, 2.24) is 4.90 Å². The van der Waals surface area contributed by atoms with Crippen molar-refractivity contribution in [2.75, 3.05) is 13.1 Å². The Balaban J connectivity index is 2.65. The van der Waals surface area contributed by atoms with Crippen LogP contribution in [0.4, 0.5) is 13.6 Å². The van der Waals surface area contributed by atoms with Gasteiger partial charge in [-0.05, 0) is 20.8 Å². The van der Waals surface area contributed by atoms with E-state index in [4.69, 9.17) is 11.2 Å². The number of alkyl halides is 2. The first-order valence-corrected chi connectivity index (χ1v) is 5.47. The number of rotatable bonds is 1. The Labute approximate surface area is 100 Å². The van der Waals surface area contributed by atoms with E-state index in [1.165, 1.54) is 4.90 Å². The van der Waals surface area contributed by atoms with Crippen molar-refractivity contribution < 1.29 is 18.3 Å². The number of carbonyl (C=O) groups is 1. The lowest BCUT2D eigenvalue weighted by atomic mass is 9.98. The molecule has 0 N–H and O–H groups in total. The van der Waals surface area contributed by atoms with Crippen LogP contribution in [0.3, 0.4) is 0 Å². The first kappa shape index (κ1) is 13.8. The van der Waals surface area contributed by atoms with Crippen molar-refractivity contribution in [3.63, 3.8) is 0 Å². The van der Waals surface area contributed by atoms with Crippen LogP contribution in [0.5, 0.6) is 0 Å². The number of likely N-dealkylation sites (tertiary alicyclic amines) is 1. The standard InChI is InChI=1S/C12H17F2NO2/c1-5-8-6-15(7-9(8)10(13)14)11(16)17-12(2,3)4/h1,8-10H,6-7H2,2-4H3/t8-,9+/m1/s1. The predicted molar refractivity (Wildman–Crippen MR) is 59.6 cm³/mol. The lowest BCUT2D eigenvalue weighted by Crippen LogP contribution is -2.35. The molecule has 1 aliphatic rings. The Bertz CT molecular complexity index is 330. The average Bonchev–Trinajstić information content (AvgIpc) is 2.58. The molecule has 5 heteroatoms. The van der Waals surface area contributed by atoms with Crippen molar-refractivity contribution >= 4 is 6.09 Å². The molecule has 0 spiro atoms. The van der Waals surface area contributed by atoms with Gasteiger partial charge >= 0.3 is 6.09 Å². The van der Waals surface area contributed by atoms with Gasteiger partial charge in [-0.1, -0.05) is 0 Å². The van der Waals surface area contributed by atoms with Crippen molar-refractivity contribution in [2.45, 2.75) is 32.8 Å². The second-order valence-electron chi connectivity index (χ2n) is 5.16. The van der Waals surface area contributed by atoms with Gasteiger partial charge in [-0.2, -0.15) is 0 Å². The zero-order valence-corrected chi connectivity index (χ0v) is 10.2. The van der Waals surface area contributed by atoms with E-state index in [0.717, 1.165) is 0 Å². The summed E-state index contributed by atoms with van der Waals surface area (Å²) in [6.07, 6.45) is 2.10. The van der Waals surface area contributed by atoms with Crippen molar-refractivity contribution in [1.29, 1.82) is 0 Å². The largest absolute Gasteiger partial charge is 0.444 e. The number of amides is 1. The molecule has 0 radical (unpaired) electrons. The summed E-state index contributed by atoms with van der Waals surface area (Å²) in [7, 11) is 0. The highest BCUT2D eigenvalue weighted by Gasteiger charge is 2.40. The van der Waals surface area contributed by atoms with Crippen LogP contribution in [0.15, 0.2) is 0 Å². The van der Waals surface area contributed by atoms with E-state index in [1.807, 2.05) is 0 Å².